The van der Waals surface area contributed by atoms with Crippen molar-refractivity contribution in [1.29, 1.82) is 0 Å². The summed E-state index contributed by atoms with van der Waals surface area (Å²) in [6.45, 7) is 5.19. The van der Waals surface area contributed by atoms with Crippen LogP contribution in [0.5, 0.6) is 0 Å². The molecule has 2 aromatic rings. The zero-order valence-electron chi connectivity index (χ0n) is 12.1. The van der Waals surface area contributed by atoms with Crippen LogP contribution >= 0.6 is 0 Å². The van der Waals surface area contributed by atoms with Gasteiger partial charge in [0, 0.05) is 38.8 Å². The van der Waals surface area contributed by atoms with E-state index < -0.39 is 0 Å². The third-order valence-corrected chi connectivity index (χ3v) is 4.89. The fraction of sp³-hybridized carbons (Fsp3) is 0.562. The van der Waals surface area contributed by atoms with Crippen LogP contribution in [0.3, 0.4) is 0 Å². The Morgan fingerprint density at radius 3 is 3.14 bits per heavy atom. The lowest BCUT2D eigenvalue weighted by Gasteiger charge is -2.42. The molecular formula is C16H21N3O2. The fourth-order valence-electron chi connectivity index (χ4n) is 3.77. The lowest BCUT2D eigenvalue weighted by atomic mass is 9.91. The van der Waals surface area contributed by atoms with Crippen molar-refractivity contribution < 1.29 is 4.42 Å². The van der Waals surface area contributed by atoms with Crippen molar-refractivity contribution in [3.63, 3.8) is 0 Å². The molecule has 5 nitrogen and oxygen atoms in total. The molecule has 1 N–H and O–H groups in total. The van der Waals surface area contributed by atoms with Crippen LogP contribution in [0.4, 0.5) is 0 Å². The first-order valence-corrected chi connectivity index (χ1v) is 7.84. The minimum Gasteiger partial charge on any atom is -0.408 e. The molecule has 1 unspecified atom stereocenters. The average molecular weight is 287 g/mol. The summed E-state index contributed by atoms with van der Waals surface area (Å²) >= 11 is 0. The molecule has 4 rings (SSSR count). The highest BCUT2D eigenvalue weighted by atomic mass is 16.4. The number of piperidine rings is 1. The molecule has 112 valence electrons. The molecule has 5 heteroatoms. The minimum atomic E-state index is -0.223. The van der Waals surface area contributed by atoms with E-state index in [9.17, 15) is 4.79 Å². The smallest absolute Gasteiger partial charge is 0.408 e. The Morgan fingerprint density at radius 2 is 2.19 bits per heavy atom. The molecular weight excluding hydrogens is 266 g/mol. The van der Waals surface area contributed by atoms with Gasteiger partial charge in [0.2, 0.25) is 0 Å². The highest BCUT2D eigenvalue weighted by Gasteiger charge is 2.30. The number of piperazine rings is 1. The van der Waals surface area contributed by atoms with Gasteiger partial charge in [-0.05, 0) is 30.9 Å². The normalized spacial score (nSPS) is 26.9. The highest BCUT2D eigenvalue weighted by Crippen LogP contribution is 2.25. The minimum absolute atomic E-state index is 0.223. The van der Waals surface area contributed by atoms with E-state index in [2.05, 4.69) is 10.2 Å². The Morgan fingerprint density at radius 1 is 1.29 bits per heavy atom. The number of oxazole rings is 1. The monoisotopic (exact) mass is 287 g/mol. The van der Waals surface area contributed by atoms with Crippen molar-refractivity contribution in [3.05, 3.63) is 34.8 Å². The number of rotatable bonds is 2. The summed E-state index contributed by atoms with van der Waals surface area (Å²) in [6.07, 6.45) is 2.41. The summed E-state index contributed by atoms with van der Waals surface area (Å²) < 4.78 is 7.14. The molecule has 2 saturated heterocycles. The van der Waals surface area contributed by atoms with Crippen molar-refractivity contribution in [3.8, 4) is 0 Å². The molecule has 1 aromatic heterocycles. The molecule has 2 aliphatic heterocycles. The molecule has 2 atom stereocenters. The molecule has 2 fully saturated rings. The third kappa shape index (κ3) is 2.40. The summed E-state index contributed by atoms with van der Waals surface area (Å²) in [5.74, 6) is 0.316. The van der Waals surface area contributed by atoms with Gasteiger partial charge in [-0.3, -0.25) is 9.47 Å². The average Bonchev–Trinajstić information content (AvgIpc) is 2.83. The van der Waals surface area contributed by atoms with Crippen LogP contribution in [0.25, 0.3) is 11.1 Å². The molecule has 0 bridgehead atoms. The predicted molar refractivity (Wildman–Crippen MR) is 81.4 cm³/mol. The van der Waals surface area contributed by atoms with Gasteiger partial charge in [-0.2, -0.15) is 0 Å². The maximum absolute atomic E-state index is 12.1. The number of hydrogen-bond acceptors (Lipinski definition) is 4. The Bertz CT molecular complexity index is 690. The summed E-state index contributed by atoms with van der Waals surface area (Å²) in [7, 11) is 0. The van der Waals surface area contributed by atoms with Crippen molar-refractivity contribution in [2.75, 3.05) is 26.2 Å². The van der Waals surface area contributed by atoms with E-state index in [-0.39, 0.29) is 5.76 Å². The second-order valence-corrected chi connectivity index (χ2v) is 6.24. The summed E-state index contributed by atoms with van der Waals surface area (Å²) in [5.41, 5.74) is 1.61. The zero-order chi connectivity index (χ0) is 14.2. The van der Waals surface area contributed by atoms with E-state index in [4.69, 9.17) is 4.42 Å². The van der Waals surface area contributed by atoms with Crippen molar-refractivity contribution in [2.45, 2.75) is 25.4 Å². The fourth-order valence-corrected chi connectivity index (χ4v) is 3.77. The number of nitrogens with one attached hydrogen (secondary N) is 1. The van der Waals surface area contributed by atoms with Gasteiger partial charge in [0.25, 0.3) is 0 Å². The van der Waals surface area contributed by atoms with Crippen molar-refractivity contribution in [2.24, 2.45) is 5.92 Å². The van der Waals surface area contributed by atoms with Gasteiger partial charge < -0.3 is 9.73 Å². The maximum atomic E-state index is 12.1. The third-order valence-electron chi connectivity index (χ3n) is 4.89. The van der Waals surface area contributed by atoms with E-state index in [0.29, 0.717) is 17.5 Å². The van der Waals surface area contributed by atoms with Gasteiger partial charge >= 0.3 is 5.76 Å². The molecule has 0 saturated carbocycles. The Labute approximate surface area is 123 Å². The zero-order valence-corrected chi connectivity index (χ0v) is 12.1. The maximum Gasteiger partial charge on any atom is 0.419 e. The number of nitrogens with zero attached hydrogens (tertiary/aromatic N) is 2. The van der Waals surface area contributed by atoms with Crippen LogP contribution in [-0.4, -0.2) is 41.7 Å². The first kappa shape index (κ1) is 13.1. The number of para-hydroxylation sites is 2. The summed E-state index contributed by atoms with van der Waals surface area (Å²) in [5, 5.41) is 3.47. The van der Waals surface area contributed by atoms with E-state index in [1.165, 1.54) is 12.8 Å². The molecule has 0 spiro atoms. The largest absolute Gasteiger partial charge is 0.419 e. The number of benzene rings is 1. The quantitative estimate of drug-likeness (QED) is 0.904. The molecule has 0 aliphatic carbocycles. The van der Waals surface area contributed by atoms with E-state index in [0.717, 1.165) is 38.2 Å². The lowest BCUT2D eigenvalue weighted by molar-refractivity contribution is 0.0789. The first-order valence-electron chi connectivity index (χ1n) is 7.84. The number of fused-ring (bicyclic) bond motifs is 2. The standard InChI is InChI=1S/C16H21N3O2/c20-16-19(14-3-1-2-4-15(14)21-16)11-12-5-6-13-9-17-7-8-18(13)10-12/h1-4,12-13,17H,5-11H2/t12-,13?/m1/s1. The molecule has 0 radical (unpaired) electrons. The highest BCUT2D eigenvalue weighted by molar-refractivity contribution is 5.72. The molecule has 0 amide bonds. The topological polar surface area (TPSA) is 50.4 Å². The SMILES string of the molecule is O=c1oc2ccccc2n1C[C@@H]1CCC2CNCCN2C1. The van der Waals surface area contributed by atoms with Gasteiger partial charge in [-0.15, -0.1) is 0 Å². The number of aromatic nitrogens is 1. The van der Waals surface area contributed by atoms with E-state index in [1.807, 2.05) is 28.8 Å². The van der Waals surface area contributed by atoms with Crippen LogP contribution in [0, 0.1) is 5.92 Å². The van der Waals surface area contributed by atoms with Crippen LogP contribution in [0.1, 0.15) is 12.8 Å². The first-order chi connectivity index (χ1) is 10.3. The Hall–Kier alpha value is -1.59. The Kier molecular flexibility index (Phi) is 3.31. The second-order valence-electron chi connectivity index (χ2n) is 6.24. The molecule has 3 heterocycles. The van der Waals surface area contributed by atoms with Crippen LogP contribution < -0.4 is 11.1 Å². The van der Waals surface area contributed by atoms with Gasteiger partial charge in [0.15, 0.2) is 5.58 Å². The number of hydrogen-bond donors (Lipinski definition) is 1. The van der Waals surface area contributed by atoms with Gasteiger partial charge in [0.05, 0.1) is 5.52 Å². The summed E-state index contributed by atoms with van der Waals surface area (Å²) in [6, 6.07) is 8.38. The predicted octanol–water partition coefficient (Wildman–Crippen LogP) is 1.28. The Balaban J connectivity index is 1.55. The molecule has 21 heavy (non-hydrogen) atoms. The molecule has 1 aromatic carbocycles. The van der Waals surface area contributed by atoms with Crippen molar-refractivity contribution >= 4 is 11.1 Å². The van der Waals surface area contributed by atoms with Crippen LogP contribution in [-0.2, 0) is 6.54 Å². The van der Waals surface area contributed by atoms with Gasteiger partial charge in [0.1, 0.15) is 0 Å². The van der Waals surface area contributed by atoms with Crippen molar-refractivity contribution in [1.82, 2.24) is 14.8 Å². The lowest BCUT2D eigenvalue weighted by Crippen LogP contribution is -2.55. The molecule has 2 aliphatic rings. The van der Waals surface area contributed by atoms with Crippen LogP contribution in [0.2, 0.25) is 0 Å². The second kappa shape index (κ2) is 5.31. The van der Waals surface area contributed by atoms with Crippen LogP contribution in [0.15, 0.2) is 33.5 Å². The van der Waals surface area contributed by atoms with Gasteiger partial charge in [-0.1, -0.05) is 12.1 Å². The van der Waals surface area contributed by atoms with E-state index >= 15 is 0 Å². The van der Waals surface area contributed by atoms with Gasteiger partial charge in [-0.25, -0.2) is 4.79 Å². The summed E-state index contributed by atoms with van der Waals surface area (Å²) in [4.78, 5) is 14.6. The van der Waals surface area contributed by atoms with E-state index in [1.54, 1.807) is 0 Å².